The first-order valence-electron chi connectivity index (χ1n) is 6.61. The summed E-state index contributed by atoms with van der Waals surface area (Å²) in [6.45, 7) is 2.11. The number of aryl methyl sites for hydroxylation is 1. The minimum absolute atomic E-state index is 0.983. The second-order valence-corrected chi connectivity index (χ2v) is 4.91. The molecule has 0 radical (unpaired) electrons. The third kappa shape index (κ3) is 1.53. The third-order valence-electron chi connectivity index (χ3n) is 3.65. The first kappa shape index (κ1) is 11.2. The highest BCUT2D eigenvalue weighted by molar-refractivity contribution is 5.87. The van der Waals surface area contributed by atoms with Gasteiger partial charge in [-0.05, 0) is 24.6 Å². The summed E-state index contributed by atoms with van der Waals surface area (Å²) in [5.41, 5.74) is 6.47. The van der Waals surface area contributed by atoms with Crippen molar-refractivity contribution < 1.29 is 0 Å². The van der Waals surface area contributed by atoms with Gasteiger partial charge in [-0.3, -0.25) is 4.40 Å². The fourth-order valence-corrected chi connectivity index (χ4v) is 2.64. The van der Waals surface area contributed by atoms with E-state index in [1.807, 2.05) is 42.9 Å². The standard InChI is InChI=1S/C17H13N3/c1-12-6-2-3-7-13(12)17-16-10-18-11-20(16)15-9-5-4-8-14(15)19-17/h2-11H,1H3. The first-order chi connectivity index (χ1) is 9.84. The minimum atomic E-state index is 0.983. The van der Waals surface area contributed by atoms with Crippen molar-refractivity contribution in [1.29, 1.82) is 0 Å². The number of benzene rings is 2. The summed E-state index contributed by atoms with van der Waals surface area (Å²) in [7, 11) is 0. The molecule has 4 aromatic rings. The van der Waals surface area contributed by atoms with Gasteiger partial charge < -0.3 is 0 Å². The van der Waals surface area contributed by atoms with Crippen LogP contribution in [0.2, 0.25) is 0 Å². The molecule has 3 heteroatoms. The summed E-state index contributed by atoms with van der Waals surface area (Å²) >= 11 is 0. The summed E-state index contributed by atoms with van der Waals surface area (Å²) in [5, 5.41) is 0. The molecule has 0 aliphatic heterocycles. The SMILES string of the molecule is Cc1ccccc1-c1nc2ccccc2n2cncc12. The van der Waals surface area contributed by atoms with Crippen molar-refractivity contribution in [2.75, 3.05) is 0 Å². The molecule has 0 amide bonds. The zero-order valence-corrected chi connectivity index (χ0v) is 11.1. The van der Waals surface area contributed by atoms with Gasteiger partial charge in [0.1, 0.15) is 0 Å². The van der Waals surface area contributed by atoms with Gasteiger partial charge in [0.2, 0.25) is 0 Å². The van der Waals surface area contributed by atoms with Crippen molar-refractivity contribution in [2.24, 2.45) is 0 Å². The molecule has 2 aromatic heterocycles. The average molecular weight is 259 g/mol. The lowest BCUT2D eigenvalue weighted by Gasteiger charge is -2.09. The van der Waals surface area contributed by atoms with E-state index in [4.69, 9.17) is 4.98 Å². The molecule has 0 saturated heterocycles. The van der Waals surface area contributed by atoms with Crippen molar-refractivity contribution in [3.8, 4) is 11.3 Å². The molecule has 0 fully saturated rings. The van der Waals surface area contributed by atoms with Gasteiger partial charge in [-0.2, -0.15) is 0 Å². The molecule has 3 nitrogen and oxygen atoms in total. The quantitative estimate of drug-likeness (QED) is 0.519. The number of fused-ring (bicyclic) bond motifs is 3. The Morgan fingerprint density at radius 1 is 0.900 bits per heavy atom. The number of rotatable bonds is 1. The van der Waals surface area contributed by atoms with E-state index in [-0.39, 0.29) is 0 Å². The van der Waals surface area contributed by atoms with Gasteiger partial charge >= 0.3 is 0 Å². The van der Waals surface area contributed by atoms with Crippen LogP contribution in [0.4, 0.5) is 0 Å². The van der Waals surface area contributed by atoms with Gasteiger partial charge in [-0.25, -0.2) is 9.97 Å². The number of para-hydroxylation sites is 2. The highest BCUT2D eigenvalue weighted by Gasteiger charge is 2.11. The van der Waals surface area contributed by atoms with Gasteiger partial charge in [-0.1, -0.05) is 36.4 Å². The van der Waals surface area contributed by atoms with Crippen LogP contribution in [0.5, 0.6) is 0 Å². The van der Waals surface area contributed by atoms with E-state index in [9.17, 15) is 0 Å². The molecule has 0 spiro atoms. The Kier molecular flexibility index (Phi) is 2.33. The Morgan fingerprint density at radius 3 is 2.60 bits per heavy atom. The van der Waals surface area contributed by atoms with Gasteiger partial charge in [0.15, 0.2) is 0 Å². The lowest BCUT2D eigenvalue weighted by molar-refractivity contribution is 1.19. The molecule has 20 heavy (non-hydrogen) atoms. The Labute approximate surface area is 116 Å². The molecule has 0 saturated carbocycles. The molecular formula is C17H13N3. The smallest absolute Gasteiger partial charge is 0.0998 e. The molecule has 0 N–H and O–H groups in total. The summed E-state index contributed by atoms with van der Waals surface area (Å²) in [6, 6.07) is 16.5. The summed E-state index contributed by atoms with van der Waals surface area (Å²) in [5.74, 6) is 0. The minimum Gasteiger partial charge on any atom is -0.295 e. The van der Waals surface area contributed by atoms with E-state index in [1.165, 1.54) is 5.56 Å². The largest absolute Gasteiger partial charge is 0.295 e. The highest BCUT2D eigenvalue weighted by atomic mass is 15.0. The molecule has 4 rings (SSSR count). The van der Waals surface area contributed by atoms with E-state index in [0.717, 1.165) is 27.8 Å². The average Bonchev–Trinajstić information content (AvgIpc) is 2.97. The lowest BCUT2D eigenvalue weighted by Crippen LogP contribution is -1.95. The maximum absolute atomic E-state index is 4.85. The van der Waals surface area contributed by atoms with Gasteiger partial charge in [0.25, 0.3) is 0 Å². The monoisotopic (exact) mass is 259 g/mol. The van der Waals surface area contributed by atoms with Crippen LogP contribution >= 0.6 is 0 Å². The van der Waals surface area contributed by atoms with Crippen molar-refractivity contribution in [3.63, 3.8) is 0 Å². The van der Waals surface area contributed by atoms with E-state index < -0.39 is 0 Å². The van der Waals surface area contributed by atoms with Crippen molar-refractivity contribution in [3.05, 3.63) is 66.6 Å². The molecule has 2 aromatic carbocycles. The summed E-state index contributed by atoms with van der Waals surface area (Å²) in [4.78, 5) is 9.14. The summed E-state index contributed by atoms with van der Waals surface area (Å²) in [6.07, 6.45) is 3.72. The van der Waals surface area contributed by atoms with E-state index in [2.05, 4.69) is 34.5 Å². The second-order valence-electron chi connectivity index (χ2n) is 4.91. The van der Waals surface area contributed by atoms with Crippen LogP contribution < -0.4 is 0 Å². The van der Waals surface area contributed by atoms with Crippen LogP contribution in [0.25, 0.3) is 27.8 Å². The fraction of sp³-hybridized carbons (Fsp3) is 0.0588. The molecule has 2 heterocycles. The molecule has 0 aliphatic carbocycles. The fourth-order valence-electron chi connectivity index (χ4n) is 2.64. The Bertz CT molecular complexity index is 922. The number of hydrogen-bond acceptors (Lipinski definition) is 2. The third-order valence-corrected chi connectivity index (χ3v) is 3.65. The molecule has 0 aliphatic rings. The van der Waals surface area contributed by atoms with Gasteiger partial charge in [0, 0.05) is 5.56 Å². The first-order valence-corrected chi connectivity index (χ1v) is 6.61. The maximum atomic E-state index is 4.85. The van der Waals surface area contributed by atoms with Crippen LogP contribution in [-0.2, 0) is 0 Å². The molecule has 96 valence electrons. The number of hydrogen-bond donors (Lipinski definition) is 0. The van der Waals surface area contributed by atoms with Gasteiger partial charge in [-0.15, -0.1) is 0 Å². The number of nitrogens with zero attached hydrogens (tertiary/aromatic N) is 3. The maximum Gasteiger partial charge on any atom is 0.0998 e. The van der Waals surface area contributed by atoms with Crippen molar-refractivity contribution in [2.45, 2.75) is 6.92 Å². The van der Waals surface area contributed by atoms with Crippen molar-refractivity contribution in [1.82, 2.24) is 14.4 Å². The Morgan fingerprint density at radius 2 is 1.70 bits per heavy atom. The highest BCUT2D eigenvalue weighted by Crippen LogP contribution is 2.28. The van der Waals surface area contributed by atoms with Crippen molar-refractivity contribution >= 4 is 16.6 Å². The normalized spacial score (nSPS) is 11.2. The second kappa shape index (κ2) is 4.17. The van der Waals surface area contributed by atoms with E-state index >= 15 is 0 Å². The molecule has 0 atom stereocenters. The Hall–Kier alpha value is -2.68. The topological polar surface area (TPSA) is 30.2 Å². The number of imidazole rings is 1. The predicted molar refractivity (Wildman–Crippen MR) is 80.7 cm³/mol. The Balaban J connectivity index is 2.17. The zero-order valence-electron chi connectivity index (χ0n) is 11.1. The molecule has 0 unspecified atom stereocenters. The zero-order chi connectivity index (χ0) is 13.5. The predicted octanol–water partition coefficient (Wildman–Crippen LogP) is 3.86. The van der Waals surface area contributed by atoms with Crippen LogP contribution in [-0.4, -0.2) is 14.4 Å². The summed E-state index contributed by atoms with van der Waals surface area (Å²) < 4.78 is 2.10. The van der Waals surface area contributed by atoms with Crippen LogP contribution in [0.15, 0.2) is 61.1 Å². The molecule has 0 bridgehead atoms. The molecular weight excluding hydrogens is 246 g/mol. The van der Waals surface area contributed by atoms with Crippen LogP contribution in [0.3, 0.4) is 0 Å². The van der Waals surface area contributed by atoms with E-state index in [0.29, 0.717) is 0 Å². The van der Waals surface area contributed by atoms with Crippen LogP contribution in [0, 0.1) is 6.92 Å². The lowest BCUT2D eigenvalue weighted by atomic mass is 10.0. The van der Waals surface area contributed by atoms with Crippen LogP contribution in [0.1, 0.15) is 5.56 Å². The van der Waals surface area contributed by atoms with E-state index in [1.54, 1.807) is 0 Å². The number of aromatic nitrogens is 3. The van der Waals surface area contributed by atoms with Gasteiger partial charge in [0.05, 0.1) is 34.8 Å².